The molecule has 0 radical (unpaired) electrons. The van der Waals surface area contributed by atoms with Crippen molar-refractivity contribution >= 4 is 22.7 Å². The molecule has 18 heavy (non-hydrogen) atoms. The minimum Gasteiger partial charge on any atom is -0.487 e. The molecule has 0 amide bonds. The Morgan fingerprint density at radius 2 is 2.06 bits per heavy atom. The van der Waals surface area contributed by atoms with Crippen LogP contribution < -0.4 is 10.1 Å². The molecular formula is C11H14BrFN2O3. The van der Waals surface area contributed by atoms with Gasteiger partial charge in [-0.1, -0.05) is 0 Å². The molecule has 0 atom stereocenters. The Kier molecular flexibility index (Phi) is 5.49. The van der Waals surface area contributed by atoms with Crippen molar-refractivity contribution in [1.29, 1.82) is 0 Å². The molecule has 1 N–H and O–H groups in total. The lowest BCUT2D eigenvalue weighted by atomic mass is 10.1. The van der Waals surface area contributed by atoms with Crippen molar-refractivity contribution in [3.05, 3.63) is 34.1 Å². The molecule has 0 saturated carbocycles. The maximum atomic E-state index is 13.5. The van der Waals surface area contributed by atoms with E-state index in [0.717, 1.165) is 32.0 Å². The van der Waals surface area contributed by atoms with Crippen LogP contribution in [0, 0.1) is 15.9 Å². The van der Waals surface area contributed by atoms with Crippen LogP contribution in [0.2, 0.25) is 0 Å². The minimum atomic E-state index is -0.683. The summed E-state index contributed by atoms with van der Waals surface area (Å²) in [6, 6.07) is 3.45. The highest BCUT2D eigenvalue weighted by molar-refractivity contribution is 8.93. The Balaban J connectivity index is 0.00000162. The van der Waals surface area contributed by atoms with Crippen LogP contribution in [-0.4, -0.2) is 24.1 Å². The molecule has 1 fully saturated rings. The maximum absolute atomic E-state index is 13.5. The summed E-state index contributed by atoms with van der Waals surface area (Å²) in [5.41, 5.74) is -0.264. The van der Waals surface area contributed by atoms with Gasteiger partial charge in [-0.05, 0) is 32.0 Å². The van der Waals surface area contributed by atoms with Crippen molar-refractivity contribution in [3.8, 4) is 5.75 Å². The van der Waals surface area contributed by atoms with Crippen LogP contribution in [0.3, 0.4) is 0 Å². The Morgan fingerprint density at radius 3 is 2.61 bits per heavy atom. The molecule has 1 aliphatic rings. The highest BCUT2D eigenvalue weighted by atomic mass is 79.9. The fourth-order valence-electron chi connectivity index (χ4n) is 1.79. The second-order valence-electron chi connectivity index (χ2n) is 3.94. The molecule has 0 aliphatic carbocycles. The molecule has 0 aromatic heterocycles. The van der Waals surface area contributed by atoms with E-state index in [0.29, 0.717) is 0 Å². The van der Waals surface area contributed by atoms with Crippen molar-refractivity contribution in [3.63, 3.8) is 0 Å². The van der Waals surface area contributed by atoms with E-state index in [-0.39, 0.29) is 34.5 Å². The number of hydrogen-bond acceptors (Lipinski definition) is 4. The van der Waals surface area contributed by atoms with Crippen LogP contribution in [0.1, 0.15) is 12.8 Å². The maximum Gasteiger partial charge on any atom is 0.272 e. The van der Waals surface area contributed by atoms with E-state index in [4.69, 9.17) is 4.74 Å². The normalized spacial score (nSPS) is 15.8. The van der Waals surface area contributed by atoms with Gasteiger partial charge in [0.05, 0.1) is 11.0 Å². The summed E-state index contributed by atoms with van der Waals surface area (Å²) in [7, 11) is 0. The zero-order valence-corrected chi connectivity index (χ0v) is 11.3. The van der Waals surface area contributed by atoms with Gasteiger partial charge >= 0.3 is 0 Å². The summed E-state index contributed by atoms with van der Waals surface area (Å²) in [6.07, 6.45) is 1.61. The number of hydrogen-bond donors (Lipinski definition) is 1. The molecule has 0 unspecified atom stereocenters. The van der Waals surface area contributed by atoms with Gasteiger partial charge in [0.1, 0.15) is 6.10 Å². The van der Waals surface area contributed by atoms with Crippen LogP contribution in [0.25, 0.3) is 0 Å². The number of benzene rings is 1. The number of non-ortho nitro benzene ring substituents is 1. The van der Waals surface area contributed by atoms with E-state index >= 15 is 0 Å². The van der Waals surface area contributed by atoms with Gasteiger partial charge in [0, 0.05) is 6.07 Å². The fourth-order valence-corrected chi connectivity index (χ4v) is 1.79. The summed E-state index contributed by atoms with van der Waals surface area (Å²) in [6.45, 7) is 1.69. The summed E-state index contributed by atoms with van der Waals surface area (Å²) < 4.78 is 19.0. The molecule has 5 nitrogen and oxygen atoms in total. The highest BCUT2D eigenvalue weighted by Gasteiger charge is 2.18. The average Bonchev–Trinajstić information content (AvgIpc) is 2.33. The number of ether oxygens (including phenoxy) is 1. The summed E-state index contributed by atoms with van der Waals surface area (Å²) >= 11 is 0. The molecule has 1 aromatic carbocycles. The lowest BCUT2D eigenvalue weighted by molar-refractivity contribution is -0.385. The van der Waals surface area contributed by atoms with E-state index in [2.05, 4.69) is 5.32 Å². The first kappa shape index (κ1) is 14.8. The number of nitrogens with one attached hydrogen (secondary N) is 1. The number of nitro groups is 1. The molecule has 1 saturated heterocycles. The molecule has 100 valence electrons. The number of nitrogens with zero attached hydrogens (tertiary/aromatic N) is 1. The van der Waals surface area contributed by atoms with Crippen LogP contribution in [0.5, 0.6) is 5.75 Å². The Bertz CT molecular complexity index is 425. The van der Waals surface area contributed by atoms with E-state index in [1.165, 1.54) is 12.1 Å². The van der Waals surface area contributed by atoms with Crippen molar-refractivity contribution in [2.24, 2.45) is 0 Å². The SMILES string of the molecule is Br.O=[N+]([O-])c1ccc(OC2CCNCC2)c(F)c1. The molecule has 2 rings (SSSR count). The molecule has 0 bridgehead atoms. The molecule has 1 heterocycles. The van der Waals surface area contributed by atoms with Gasteiger partial charge in [-0.3, -0.25) is 10.1 Å². The van der Waals surface area contributed by atoms with Crippen molar-refractivity contribution in [1.82, 2.24) is 5.32 Å². The third-order valence-corrected chi connectivity index (χ3v) is 2.71. The smallest absolute Gasteiger partial charge is 0.272 e. The first-order valence-corrected chi connectivity index (χ1v) is 5.48. The van der Waals surface area contributed by atoms with Gasteiger partial charge < -0.3 is 10.1 Å². The van der Waals surface area contributed by atoms with Gasteiger partial charge in [0.25, 0.3) is 5.69 Å². The second-order valence-corrected chi connectivity index (χ2v) is 3.94. The quantitative estimate of drug-likeness (QED) is 0.686. The van der Waals surface area contributed by atoms with Crippen LogP contribution in [0.15, 0.2) is 18.2 Å². The zero-order chi connectivity index (χ0) is 12.3. The number of rotatable bonds is 3. The predicted octanol–water partition coefficient (Wildman–Crippen LogP) is 2.44. The van der Waals surface area contributed by atoms with Gasteiger partial charge in [-0.2, -0.15) is 0 Å². The van der Waals surface area contributed by atoms with Crippen LogP contribution in [0.4, 0.5) is 10.1 Å². The Hall–Kier alpha value is -1.21. The summed E-state index contributed by atoms with van der Waals surface area (Å²) in [5, 5.41) is 13.6. The monoisotopic (exact) mass is 320 g/mol. The first-order chi connectivity index (χ1) is 8.16. The predicted molar refractivity (Wildman–Crippen MR) is 69.9 cm³/mol. The molecule has 1 aliphatic heterocycles. The van der Waals surface area contributed by atoms with Crippen LogP contribution >= 0.6 is 17.0 Å². The summed E-state index contributed by atoms with van der Waals surface area (Å²) in [5.74, 6) is -0.597. The van der Waals surface area contributed by atoms with Gasteiger partial charge in [-0.15, -0.1) is 17.0 Å². The number of halogens is 2. The third kappa shape index (κ3) is 3.64. The molecule has 0 spiro atoms. The number of nitro benzene ring substituents is 1. The van der Waals surface area contributed by atoms with Gasteiger partial charge in [0.15, 0.2) is 11.6 Å². The fraction of sp³-hybridized carbons (Fsp3) is 0.455. The van der Waals surface area contributed by atoms with E-state index in [1.807, 2.05) is 0 Å². The third-order valence-electron chi connectivity index (χ3n) is 2.71. The molecular weight excluding hydrogens is 307 g/mol. The van der Waals surface area contributed by atoms with Gasteiger partial charge in [-0.25, -0.2) is 4.39 Å². The lowest BCUT2D eigenvalue weighted by Crippen LogP contribution is -2.34. The average molecular weight is 321 g/mol. The largest absolute Gasteiger partial charge is 0.487 e. The number of piperidine rings is 1. The minimum absolute atomic E-state index is 0. The van der Waals surface area contributed by atoms with E-state index in [1.54, 1.807) is 0 Å². The standard InChI is InChI=1S/C11H13FN2O3.BrH/c12-10-7-8(14(15)16)1-2-11(10)17-9-3-5-13-6-4-9;/h1-2,7,9,13H,3-6H2;1H. The van der Waals surface area contributed by atoms with Crippen molar-refractivity contribution in [2.75, 3.05) is 13.1 Å². The highest BCUT2D eigenvalue weighted by Crippen LogP contribution is 2.24. The Morgan fingerprint density at radius 1 is 1.39 bits per heavy atom. The first-order valence-electron chi connectivity index (χ1n) is 5.48. The van der Waals surface area contributed by atoms with Crippen LogP contribution in [-0.2, 0) is 0 Å². The second kappa shape index (κ2) is 6.65. The van der Waals surface area contributed by atoms with Crippen molar-refractivity contribution in [2.45, 2.75) is 18.9 Å². The molecule has 1 aromatic rings. The molecule has 7 heteroatoms. The Labute approximate surface area is 114 Å². The van der Waals surface area contributed by atoms with E-state index < -0.39 is 10.7 Å². The van der Waals surface area contributed by atoms with Crippen molar-refractivity contribution < 1.29 is 14.1 Å². The zero-order valence-electron chi connectivity index (χ0n) is 9.60. The summed E-state index contributed by atoms with van der Waals surface area (Å²) in [4.78, 5) is 9.82. The lowest BCUT2D eigenvalue weighted by Gasteiger charge is -2.23. The topological polar surface area (TPSA) is 64.4 Å². The van der Waals surface area contributed by atoms with Gasteiger partial charge in [0.2, 0.25) is 0 Å². The van der Waals surface area contributed by atoms with E-state index in [9.17, 15) is 14.5 Å².